The molecule has 26 heavy (non-hydrogen) atoms. The molecule has 1 aromatic heterocycles. The van der Waals surface area contributed by atoms with Crippen molar-refractivity contribution in [1.29, 1.82) is 0 Å². The van der Waals surface area contributed by atoms with E-state index in [1.807, 2.05) is 4.72 Å². The quantitative estimate of drug-likeness (QED) is 0.686. The lowest BCUT2D eigenvalue weighted by molar-refractivity contribution is -0.119. The normalized spacial score (nSPS) is 11.4. The molecule has 0 aliphatic carbocycles. The predicted molar refractivity (Wildman–Crippen MR) is 97.1 cm³/mol. The van der Waals surface area contributed by atoms with Crippen LogP contribution in [0.1, 0.15) is 18.7 Å². The van der Waals surface area contributed by atoms with Crippen molar-refractivity contribution in [3.63, 3.8) is 0 Å². The molecule has 0 radical (unpaired) electrons. The Hall–Kier alpha value is -3.00. The van der Waals surface area contributed by atoms with Gasteiger partial charge in [-0.1, -0.05) is 30.3 Å². The highest BCUT2D eigenvalue weighted by Crippen LogP contribution is 2.09. The molecule has 0 unspecified atom stereocenters. The van der Waals surface area contributed by atoms with Crippen LogP contribution in [0.2, 0.25) is 0 Å². The number of rotatable bonds is 6. The lowest BCUT2D eigenvalue weighted by atomic mass is 10.2. The van der Waals surface area contributed by atoms with Gasteiger partial charge >= 0.3 is 0 Å². The molecule has 1 amide bonds. The molecule has 2 aromatic carbocycles. The number of aromatic amines is 1. The predicted octanol–water partition coefficient (Wildman–Crippen LogP) is 1.75. The second-order valence-corrected chi connectivity index (χ2v) is 7.41. The number of aromatic nitrogens is 2. The van der Waals surface area contributed by atoms with Gasteiger partial charge in [-0.25, -0.2) is 18.1 Å². The van der Waals surface area contributed by atoms with Gasteiger partial charge in [0.2, 0.25) is 5.91 Å². The average molecular weight is 371 g/mol. The SMILES string of the molecule is O=C(CCCc1nc2ccccc2c(=O)[nH]1)NS(=O)(=O)c1ccccc1. The van der Waals surface area contributed by atoms with Gasteiger partial charge in [-0.3, -0.25) is 9.59 Å². The Kier molecular flexibility index (Phi) is 5.13. The van der Waals surface area contributed by atoms with Crippen molar-refractivity contribution in [2.24, 2.45) is 0 Å². The van der Waals surface area contributed by atoms with Gasteiger partial charge in [0.05, 0.1) is 15.8 Å². The summed E-state index contributed by atoms with van der Waals surface area (Å²) >= 11 is 0. The zero-order chi connectivity index (χ0) is 18.6. The molecule has 0 atom stereocenters. The first-order chi connectivity index (χ1) is 12.5. The van der Waals surface area contributed by atoms with Crippen LogP contribution in [0.5, 0.6) is 0 Å². The van der Waals surface area contributed by atoms with Crippen LogP contribution in [-0.2, 0) is 21.2 Å². The van der Waals surface area contributed by atoms with Gasteiger partial charge in [0.1, 0.15) is 5.82 Å². The topological polar surface area (TPSA) is 109 Å². The Morgan fingerprint density at radius 3 is 2.50 bits per heavy atom. The molecule has 1 heterocycles. The van der Waals surface area contributed by atoms with Gasteiger partial charge in [0.25, 0.3) is 15.6 Å². The van der Waals surface area contributed by atoms with Crippen LogP contribution < -0.4 is 10.3 Å². The number of H-pyrrole nitrogens is 1. The van der Waals surface area contributed by atoms with Crippen LogP contribution in [0.4, 0.5) is 0 Å². The second kappa shape index (κ2) is 7.49. The van der Waals surface area contributed by atoms with Crippen molar-refractivity contribution in [1.82, 2.24) is 14.7 Å². The lowest BCUT2D eigenvalue weighted by Gasteiger charge is -2.07. The summed E-state index contributed by atoms with van der Waals surface area (Å²) in [6, 6.07) is 14.7. The number of nitrogens with one attached hydrogen (secondary N) is 2. The van der Waals surface area contributed by atoms with E-state index in [1.165, 1.54) is 12.1 Å². The third-order valence-corrected chi connectivity index (χ3v) is 5.17. The summed E-state index contributed by atoms with van der Waals surface area (Å²) in [6.45, 7) is 0. The van der Waals surface area contributed by atoms with Crippen LogP contribution in [0, 0.1) is 0 Å². The highest BCUT2D eigenvalue weighted by Gasteiger charge is 2.16. The maximum atomic E-state index is 12.1. The third-order valence-electron chi connectivity index (χ3n) is 3.78. The number of nitrogens with zero attached hydrogens (tertiary/aromatic N) is 1. The monoisotopic (exact) mass is 371 g/mol. The number of fused-ring (bicyclic) bond motifs is 1. The van der Waals surface area contributed by atoms with Gasteiger partial charge < -0.3 is 4.98 Å². The van der Waals surface area contributed by atoms with Crippen LogP contribution in [0.25, 0.3) is 10.9 Å². The molecule has 0 spiro atoms. The van der Waals surface area contributed by atoms with E-state index < -0.39 is 15.9 Å². The first kappa shape index (κ1) is 17.8. The fraction of sp³-hybridized carbons (Fsp3) is 0.167. The van der Waals surface area contributed by atoms with E-state index in [9.17, 15) is 18.0 Å². The molecule has 3 rings (SSSR count). The van der Waals surface area contributed by atoms with E-state index in [0.29, 0.717) is 29.6 Å². The van der Waals surface area contributed by atoms with Crippen molar-refractivity contribution >= 4 is 26.8 Å². The first-order valence-electron chi connectivity index (χ1n) is 8.04. The molecular weight excluding hydrogens is 354 g/mol. The summed E-state index contributed by atoms with van der Waals surface area (Å²) < 4.78 is 26.2. The minimum atomic E-state index is -3.86. The highest BCUT2D eigenvalue weighted by atomic mass is 32.2. The zero-order valence-electron chi connectivity index (χ0n) is 13.8. The van der Waals surface area contributed by atoms with E-state index >= 15 is 0 Å². The van der Waals surface area contributed by atoms with E-state index in [2.05, 4.69) is 9.97 Å². The van der Waals surface area contributed by atoms with Crippen LogP contribution in [-0.4, -0.2) is 24.3 Å². The maximum absolute atomic E-state index is 12.1. The molecule has 0 bridgehead atoms. The molecule has 134 valence electrons. The van der Waals surface area contributed by atoms with Crippen molar-refractivity contribution in [3.05, 3.63) is 70.8 Å². The number of amides is 1. The molecule has 0 fully saturated rings. The van der Waals surface area contributed by atoms with E-state index in [0.717, 1.165) is 0 Å². The molecule has 0 saturated heterocycles. The largest absolute Gasteiger partial charge is 0.310 e. The van der Waals surface area contributed by atoms with E-state index in [4.69, 9.17) is 0 Å². The standard InChI is InChI=1S/C18H17N3O4S/c22-17(21-26(24,25)13-7-2-1-3-8-13)12-6-11-16-19-15-10-5-4-9-14(15)18(23)20-16/h1-5,7-10H,6,11-12H2,(H,21,22)(H,19,20,23). The summed E-state index contributed by atoms with van der Waals surface area (Å²) in [7, 11) is -3.86. The number of carbonyl (C=O) groups excluding carboxylic acids is 1. The number of para-hydroxylation sites is 1. The molecular formula is C18H17N3O4S. The Morgan fingerprint density at radius 1 is 1.04 bits per heavy atom. The molecule has 0 aliphatic rings. The Labute approximate surface area is 150 Å². The Morgan fingerprint density at radius 2 is 1.73 bits per heavy atom. The molecule has 0 aliphatic heterocycles. The summed E-state index contributed by atoms with van der Waals surface area (Å²) in [6.07, 6.45) is 0.721. The number of carbonyl (C=O) groups is 1. The smallest absolute Gasteiger partial charge is 0.264 e. The van der Waals surface area contributed by atoms with Gasteiger partial charge in [0, 0.05) is 12.8 Å². The zero-order valence-corrected chi connectivity index (χ0v) is 14.6. The number of hydrogen-bond donors (Lipinski definition) is 2. The molecule has 3 aromatic rings. The maximum Gasteiger partial charge on any atom is 0.264 e. The molecule has 7 nitrogen and oxygen atoms in total. The van der Waals surface area contributed by atoms with E-state index in [-0.39, 0.29) is 16.9 Å². The van der Waals surface area contributed by atoms with Gasteiger partial charge in [-0.05, 0) is 30.7 Å². The summed E-state index contributed by atoms with van der Waals surface area (Å²) in [5.74, 6) is -0.135. The fourth-order valence-corrected chi connectivity index (χ4v) is 3.56. The molecule has 2 N–H and O–H groups in total. The fourth-order valence-electron chi connectivity index (χ4n) is 2.53. The Bertz CT molecular complexity index is 1090. The van der Waals surface area contributed by atoms with Crippen molar-refractivity contribution in [2.75, 3.05) is 0 Å². The summed E-state index contributed by atoms with van der Waals surface area (Å²) in [4.78, 5) is 31.0. The van der Waals surface area contributed by atoms with Crippen LogP contribution in [0.15, 0.2) is 64.3 Å². The van der Waals surface area contributed by atoms with Crippen LogP contribution in [0.3, 0.4) is 0 Å². The summed E-state index contributed by atoms with van der Waals surface area (Å²) in [5.41, 5.74) is 0.351. The van der Waals surface area contributed by atoms with Crippen molar-refractivity contribution in [3.8, 4) is 0 Å². The Balaban J connectivity index is 1.60. The number of sulfonamides is 1. The van der Waals surface area contributed by atoms with Gasteiger partial charge in [-0.15, -0.1) is 0 Å². The summed E-state index contributed by atoms with van der Waals surface area (Å²) in [5, 5.41) is 0.503. The first-order valence-corrected chi connectivity index (χ1v) is 9.53. The molecule has 0 saturated carbocycles. The van der Waals surface area contributed by atoms with Crippen LogP contribution >= 0.6 is 0 Å². The minimum absolute atomic E-state index is 0.00258. The second-order valence-electron chi connectivity index (χ2n) is 5.73. The van der Waals surface area contributed by atoms with Gasteiger partial charge in [-0.2, -0.15) is 0 Å². The average Bonchev–Trinajstić information content (AvgIpc) is 2.62. The number of hydrogen-bond acceptors (Lipinski definition) is 5. The molecule has 8 heteroatoms. The number of aryl methyl sites for hydroxylation is 1. The lowest BCUT2D eigenvalue weighted by Crippen LogP contribution is -2.30. The van der Waals surface area contributed by atoms with Crippen molar-refractivity contribution in [2.45, 2.75) is 24.2 Å². The van der Waals surface area contributed by atoms with Crippen molar-refractivity contribution < 1.29 is 13.2 Å². The highest BCUT2D eigenvalue weighted by molar-refractivity contribution is 7.90. The third kappa shape index (κ3) is 4.15. The van der Waals surface area contributed by atoms with Gasteiger partial charge in [0.15, 0.2) is 0 Å². The van der Waals surface area contributed by atoms with E-state index in [1.54, 1.807) is 42.5 Å². The number of benzene rings is 2. The minimum Gasteiger partial charge on any atom is -0.310 e.